The Morgan fingerprint density at radius 2 is 1.79 bits per heavy atom. The second-order valence-electron chi connectivity index (χ2n) is 7.96. The minimum absolute atomic E-state index is 0.117. The highest BCUT2D eigenvalue weighted by Gasteiger charge is 2.46. The average molecular weight is 268 g/mol. The van der Waals surface area contributed by atoms with Gasteiger partial charge in [0.25, 0.3) is 0 Å². The van der Waals surface area contributed by atoms with Crippen LogP contribution < -0.4 is 5.73 Å². The van der Waals surface area contributed by atoms with Gasteiger partial charge in [-0.3, -0.25) is 4.90 Å². The summed E-state index contributed by atoms with van der Waals surface area (Å²) < 4.78 is 5.69. The summed E-state index contributed by atoms with van der Waals surface area (Å²) in [5.41, 5.74) is 7.06. The third-order valence-electron chi connectivity index (χ3n) is 5.36. The van der Waals surface area contributed by atoms with Gasteiger partial charge in [-0.15, -0.1) is 0 Å². The molecule has 0 radical (unpaired) electrons. The van der Waals surface area contributed by atoms with Crippen molar-refractivity contribution in [3.8, 4) is 0 Å². The van der Waals surface area contributed by atoms with Crippen LogP contribution in [0.15, 0.2) is 0 Å². The standard InChI is InChI=1S/C16H32N2O/c1-14(2)6-5-7-16(12-17,9-8-14)18-10-11-19-13-15(18,3)4/h5-13,17H2,1-4H3. The molecular weight excluding hydrogens is 236 g/mol. The highest BCUT2D eigenvalue weighted by molar-refractivity contribution is 5.02. The Hall–Kier alpha value is -0.120. The van der Waals surface area contributed by atoms with Crippen molar-refractivity contribution in [1.29, 1.82) is 0 Å². The maximum atomic E-state index is 6.27. The fourth-order valence-corrected chi connectivity index (χ4v) is 4.04. The van der Waals surface area contributed by atoms with E-state index in [0.29, 0.717) is 5.41 Å². The predicted octanol–water partition coefficient (Wildman–Crippen LogP) is 2.79. The summed E-state index contributed by atoms with van der Waals surface area (Å²) in [6.45, 7) is 12.9. The maximum absolute atomic E-state index is 6.27. The third-order valence-corrected chi connectivity index (χ3v) is 5.36. The Bertz CT molecular complexity index is 314. The van der Waals surface area contributed by atoms with Gasteiger partial charge >= 0.3 is 0 Å². The van der Waals surface area contributed by atoms with Gasteiger partial charge in [0.2, 0.25) is 0 Å². The Morgan fingerprint density at radius 3 is 2.42 bits per heavy atom. The molecule has 1 heterocycles. The first-order valence-electron chi connectivity index (χ1n) is 7.87. The van der Waals surface area contributed by atoms with Gasteiger partial charge in [-0.1, -0.05) is 20.3 Å². The monoisotopic (exact) mass is 268 g/mol. The predicted molar refractivity (Wildman–Crippen MR) is 80.3 cm³/mol. The van der Waals surface area contributed by atoms with Crippen molar-refractivity contribution in [3.63, 3.8) is 0 Å². The smallest absolute Gasteiger partial charge is 0.0645 e. The van der Waals surface area contributed by atoms with E-state index < -0.39 is 0 Å². The van der Waals surface area contributed by atoms with Gasteiger partial charge in [-0.2, -0.15) is 0 Å². The topological polar surface area (TPSA) is 38.5 Å². The third kappa shape index (κ3) is 3.14. The summed E-state index contributed by atoms with van der Waals surface area (Å²) in [6, 6.07) is 0. The van der Waals surface area contributed by atoms with Crippen molar-refractivity contribution in [2.45, 2.75) is 70.9 Å². The maximum Gasteiger partial charge on any atom is 0.0645 e. The second kappa shape index (κ2) is 5.34. The molecule has 2 N–H and O–H groups in total. The van der Waals surface area contributed by atoms with Crippen molar-refractivity contribution >= 4 is 0 Å². The van der Waals surface area contributed by atoms with Crippen LogP contribution in [0.1, 0.15) is 59.8 Å². The lowest BCUT2D eigenvalue weighted by atomic mass is 9.81. The Labute approximate surface area is 118 Å². The van der Waals surface area contributed by atoms with Crippen LogP contribution in [-0.2, 0) is 4.74 Å². The molecule has 0 spiro atoms. The number of nitrogens with two attached hydrogens (primary N) is 1. The molecule has 3 nitrogen and oxygen atoms in total. The Balaban J connectivity index is 2.21. The first kappa shape index (κ1) is 15.3. The van der Waals surface area contributed by atoms with Crippen molar-refractivity contribution in [1.82, 2.24) is 4.90 Å². The molecule has 0 aromatic heterocycles. The fourth-order valence-electron chi connectivity index (χ4n) is 4.04. The molecule has 0 aromatic carbocycles. The van der Waals surface area contributed by atoms with Crippen LogP contribution in [0.2, 0.25) is 0 Å². The number of nitrogens with zero attached hydrogens (tertiary/aromatic N) is 1. The minimum atomic E-state index is 0.117. The first-order valence-corrected chi connectivity index (χ1v) is 7.87. The molecule has 1 atom stereocenters. The molecule has 2 aliphatic rings. The highest BCUT2D eigenvalue weighted by atomic mass is 16.5. The van der Waals surface area contributed by atoms with Gasteiger partial charge in [0.1, 0.15) is 0 Å². The normalized spacial score (nSPS) is 35.8. The van der Waals surface area contributed by atoms with Crippen LogP contribution in [0.25, 0.3) is 0 Å². The van der Waals surface area contributed by atoms with Crippen molar-refractivity contribution in [2.24, 2.45) is 11.1 Å². The SMILES string of the molecule is CC1(C)CCCC(CN)(N2CCOCC2(C)C)CC1. The van der Waals surface area contributed by atoms with E-state index in [2.05, 4.69) is 32.6 Å². The van der Waals surface area contributed by atoms with Crippen LogP contribution in [0.3, 0.4) is 0 Å². The van der Waals surface area contributed by atoms with Crippen LogP contribution in [0.5, 0.6) is 0 Å². The zero-order valence-corrected chi connectivity index (χ0v) is 13.3. The highest BCUT2D eigenvalue weighted by Crippen LogP contribution is 2.43. The summed E-state index contributed by atoms with van der Waals surface area (Å²) in [4.78, 5) is 2.67. The van der Waals surface area contributed by atoms with E-state index in [1.807, 2.05) is 0 Å². The number of hydrogen-bond donors (Lipinski definition) is 1. The quantitative estimate of drug-likeness (QED) is 0.783. The second-order valence-corrected chi connectivity index (χ2v) is 7.96. The molecule has 1 saturated carbocycles. The number of ether oxygens (including phenoxy) is 1. The van der Waals surface area contributed by atoms with Crippen molar-refractivity contribution < 1.29 is 4.74 Å². The fraction of sp³-hybridized carbons (Fsp3) is 1.00. The van der Waals surface area contributed by atoms with E-state index in [4.69, 9.17) is 10.5 Å². The van der Waals surface area contributed by atoms with Crippen molar-refractivity contribution in [2.75, 3.05) is 26.3 Å². The van der Waals surface area contributed by atoms with Crippen LogP contribution in [-0.4, -0.2) is 42.3 Å². The van der Waals surface area contributed by atoms with Crippen LogP contribution >= 0.6 is 0 Å². The van der Waals surface area contributed by atoms with Gasteiger partial charge in [0.15, 0.2) is 0 Å². The molecule has 2 rings (SSSR count). The van der Waals surface area contributed by atoms with E-state index in [0.717, 1.165) is 26.3 Å². The molecule has 0 aromatic rings. The molecule has 3 heteroatoms. The summed E-state index contributed by atoms with van der Waals surface area (Å²) in [5.74, 6) is 0. The van der Waals surface area contributed by atoms with Gasteiger partial charge in [0, 0.05) is 24.2 Å². The lowest BCUT2D eigenvalue weighted by molar-refractivity contribution is -0.108. The van der Waals surface area contributed by atoms with Crippen LogP contribution in [0, 0.1) is 5.41 Å². The molecule has 1 aliphatic carbocycles. The molecule has 2 fully saturated rings. The largest absolute Gasteiger partial charge is 0.378 e. The zero-order chi connectivity index (χ0) is 14.1. The summed E-state index contributed by atoms with van der Waals surface area (Å²) in [5, 5.41) is 0. The summed E-state index contributed by atoms with van der Waals surface area (Å²) in [7, 11) is 0. The average Bonchev–Trinajstić information content (AvgIpc) is 2.48. The molecule has 19 heavy (non-hydrogen) atoms. The summed E-state index contributed by atoms with van der Waals surface area (Å²) >= 11 is 0. The molecule has 1 saturated heterocycles. The van der Waals surface area contributed by atoms with E-state index in [1.54, 1.807) is 0 Å². The zero-order valence-electron chi connectivity index (χ0n) is 13.3. The lowest BCUT2D eigenvalue weighted by Gasteiger charge is -2.54. The first-order chi connectivity index (χ1) is 8.81. The molecule has 112 valence electrons. The van der Waals surface area contributed by atoms with Gasteiger partial charge in [0.05, 0.1) is 13.2 Å². The Kier molecular flexibility index (Phi) is 4.29. The molecule has 0 amide bonds. The van der Waals surface area contributed by atoms with Crippen LogP contribution in [0.4, 0.5) is 0 Å². The van der Waals surface area contributed by atoms with E-state index in [-0.39, 0.29) is 11.1 Å². The van der Waals surface area contributed by atoms with E-state index >= 15 is 0 Å². The lowest BCUT2D eigenvalue weighted by Crippen LogP contribution is -2.65. The summed E-state index contributed by atoms with van der Waals surface area (Å²) in [6.07, 6.45) is 6.41. The molecule has 1 unspecified atom stereocenters. The molecule has 0 bridgehead atoms. The number of rotatable bonds is 2. The number of hydrogen-bond acceptors (Lipinski definition) is 3. The van der Waals surface area contributed by atoms with Gasteiger partial charge < -0.3 is 10.5 Å². The number of morpholine rings is 1. The Morgan fingerprint density at radius 1 is 1.05 bits per heavy atom. The van der Waals surface area contributed by atoms with Gasteiger partial charge in [-0.05, 0) is 44.9 Å². The minimum Gasteiger partial charge on any atom is -0.378 e. The van der Waals surface area contributed by atoms with Gasteiger partial charge in [-0.25, -0.2) is 0 Å². The van der Waals surface area contributed by atoms with E-state index in [1.165, 1.54) is 32.1 Å². The molecular formula is C16H32N2O. The van der Waals surface area contributed by atoms with E-state index in [9.17, 15) is 0 Å². The molecule has 1 aliphatic heterocycles. The van der Waals surface area contributed by atoms with Crippen molar-refractivity contribution in [3.05, 3.63) is 0 Å².